The summed E-state index contributed by atoms with van der Waals surface area (Å²) in [5, 5.41) is 6.06. The van der Waals surface area contributed by atoms with Gasteiger partial charge in [-0.3, -0.25) is 9.59 Å². The third-order valence-corrected chi connectivity index (χ3v) is 4.06. The molecule has 2 rings (SSSR count). The van der Waals surface area contributed by atoms with Crippen molar-refractivity contribution >= 4 is 40.7 Å². The van der Waals surface area contributed by atoms with Crippen molar-refractivity contribution in [3.05, 3.63) is 63.9 Å². The van der Waals surface area contributed by atoms with Gasteiger partial charge in [-0.1, -0.05) is 35.3 Å². The second-order valence-corrected chi connectivity index (χ2v) is 6.92. The molecule has 25 heavy (non-hydrogen) atoms. The summed E-state index contributed by atoms with van der Waals surface area (Å²) in [5.74, 6) is -1.31. The molecular weight excluding hydrogens is 366 g/mol. The predicted octanol–water partition coefficient (Wildman–Crippen LogP) is 4.41. The Morgan fingerprint density at radius 1 is 1.00 bits per heavy atom. The van der Waals surface area contributed by atoms with Crippen LogP contribution in [0.2, 0.25) is 10.0 Å². The molecule has 0 unspecified atom stereocenters. The number of carbonyl (C=O) groups excluding carboxylic acids is 2. The van der Waals surface area contributed by atoms with Crippen LogP contribution in [-0.2, 0) is 16.1 Å². The van der Waals surface area contributed by atoms with E-state index >= 15 is 0 Å². The standard InChI is InChI=1S/C18H17Cl2FN2O2/c1-18(2,16(24)22-10-11-3-5-14(21)6-4-11)17(25)23-15-8-12(19)7-13(20)9-15/h3-9H,10H2,1-2H3,(H,22,24)(H,23,25). The maximum atomic E-state index is 12.9. The molecule has 2 amide bonds. The zero-order chi connectivity index (χ0) is 18.6. The Kier molecular flexibility index (Phi) is 6.03. The van der Waals surface area contributed by atoms with Gasteiger partial charge in [0.25, 0.3) is 0 Å². The minimum absolute atomic E-state index is 0.193. The number of hydrogen-bond donors (Lipinski definition) is 2. The van der Waals surface area contributed by atoms with Gasteiger partial charge >= 0.3 is 0 Å². The normalized spacial score (nSPS) is 11.1. The van der Waals surface area contributed by atoms with Crippen molar-refractivity contribution in [2.45, 2.75) is 20.4 Å². The van der Waals surface area contributed by atoms with Crippen molar-refractivity contribution in [2.24, 2.45) is 5.41 Å². The van der Waals surface area contributed by atoms with E-state index in [0.717, 1.165) is 5.56 Å². The molecule has 0 atom stereocenters. The van der Waals surface area contributed by atoms with Crippen LogP contribution in [0.4, 0.5) is 10.1 Å². The lowest BCUT2D eigenvalue weighted by molar-refractivity contribution is -0.138. The van der Waals surface area contributed by atoms with Crippen LogP contribution in [0.3, 0.4) is 0 Å². The van der Waals surface area contributed by atoms with Crippen LogP contribution in [0.5, 0.6) is 0 Å². The first kappa shape index (κ1) is 19.2. The highest BCUT2D eigenvalue weighted by atomic mass is 35.5. The van der Waals surface area contributed by atoms with E-state index in [-0.39, 0.29) is 12.4 Å². The Morgan fingerprint density at radius 3 is 2.12 bits per heavy atom. The number of rotatable bonds is 5. The minimum Gasteiger partial charge on any atom is -0.351 e. The van der Waals surface area contributed by atoms with Crippen LogP contribution in [-0.4, -0.2) is 11.8 Å². The number of amides is 2. The lowest BCUT2D eigenvalue weighted by atomic mass is 9.90. The molecule has 0 fully saturated rings. The van der Waals surface area contributed by atoms with Crippen molar-refractivity contribution in [3.8, 4) is 0 Å². The fraction of sp³-hybridized carbons (Fsp3) is 0.222. The molecule has 0 aliphatic heterocycles. The molecular formula is C18H17Cl2FN2O2. The summed E-state index contributed by atoms with van der Waals surface area (Å²) in [6.07, 6.45) is 0. The van der Waals surface area contributed by atoms with E-state index < -0.39 is 17.2 Å². The molecule has 2 aromatic rings. The molecule has 0 heterocycles. The van der Waals surface area contributed by atoms with Gasteiger partial charge in [0, 0.05) is 22.3 Å². The predicted molar refractivity (Wildman–Crippen MR) is 97.1 cm³/mol. The first-order valence-corrected chi connectivity index (χ1v) is 8.24. The zero-order valence-electron chi connectivity index (χ0n) is 13.7. The van der Waals surface area contributed by atoms with Gasteiger partial charge in [0.2, 0.25) is 11.8 Å². The van der Waals surface area contributed by atoms with Crippen LogP contribution >= 0.6 is 23.2 Å². The van der Waals surface area contributed by atoms with Gasteiger partial charge in [0.1, 0.15) is 11.2 Å². The zero-order valence-corrected chi connectivity index (χ0v) is 15.2. The average Bonchev–Trinajstić information content (AvgIpc) is 2.52. The molecule has 2 aromatic carbocycles. The average molecular weight is 383 g/mol. The van der Waals surface area contributed by atoms with E-state index in [1.807, 2.05) is 0 Å². The summed E-state index contributed by atoms with van der Waals surface area (Å²) in [4.78, 5) is 24.8. The third kappa shape index (κ3) is 5.18. The third-order valence-electron chi connectivity index (χ3n) is 3.62. The van der Waals surface area contributed by atoms with E-state index in [9.17, 15) is 14.0 Å². The fourth-order valence-electron chi connectivity index (χ4n) is 2.02. The lowest BCUT2D eigenvalue weighted by Gasteiger charge is -2.23. The Morgan fingerprint density at radius 2 is 1.56 bits per heavy atom. The first-order chi connectivity index (χ1) is 11.7. The molecule has 4 nitrogen and oxygen atoms in total. The Balaban J connectivity index is 2.01. The highest BCUT2D eigenvalue weighted by Crippen LogP contribution is 2.25. The molecule has 0 aliphatic carbocycles. The maximum Gasteiger partial charge on any atom is 0.239 e. The quantitative estimate of drug-likeness (QED) is 0.752. The van der Waals surface area contributed by atoms with Gasteiger partial charge in [-0.05, 0) is 49.7 Å². The molecule has 0 saturated carbocycles. The van der Waals surface area contributed by atoms with Crippen molar-refractivity contribution in [3.63, 3.8) is 0 Å². The van der Waals surface area contributed by atoms with Crippen molar-refractivity contribution in [1.29, 1.82) is 0 Å². The molecule has 2 N–H and O–H groups in total. The van der Waals surface area contributed by atoms with Gasteiger partial charge in [-0.25, -0.2) is 4.39 Å². The molecule has 7 heteroatoms. The molecule has 0 aliphatic rings. The molecule has 0 bridgehead atoms. The fourth-order valence-corrected chi connectivity index (χ4v) is 2.55. The molecule has 0 radical (unpaired) electrons. The summed E-state index contributed by atoms with van der Waals surface area (Å²) in [7, 11) is 0. The minimum atomic E-state index is -1.32. The smallest absolute Gasteiger partial charge is 0.239 e. The van der Waals surface area contributed by atoms with E-state index in [4.69, 9.17) is 23.2 Å². The van der Waals surface area contributed by atoms with Crippen LogP contribution in [0.15, 0.2) is 42.5 Å². The van der Waals surface area contributed by atoms with Gasteiger partial charge in [0.05, 0.1) is 0 Å². The van der Waals surface area contributed by atoms with Crippen LogP contribution in [0, 0.1) is 11.2 Å². The first-order valence-electron chi connectivity index (χ1n) is 7.49. The summed E-state index contributed by atoms with van der Waals surface area (Å²) in [6, 6.07) is 10.4. The number of nitrogens with one attached hydrogen (secondary N) is 2. The molecule has 0 saturated heterocycles. The summed E-state index contributed by atoms with van der Waals surface area (Å²) in [5.41, 5.74) is -0.191. The van der Waals surface area contributed by atoms with Crippen molar-refractivity contribution in [1.82, 2.24) is 5.32 Å². The number of anilines is 1. The number of halogens is 3. The highest BCUT2D eigenvalue weighted by molar-refractivity contribution is 6.35. The Bertz CT molecular complexity index is 772. The largest absolute Gasteiger partial charge is 0.351 e. The van der Waals surface area contributed by atoms with Crippen LogP contribution in [0.1, 0.15) is 19.4 Å². The van der Waals surface area contributed by atoms with Crippen molar-refractivity contribution in [2.75, 3.05) is 5.32 Å². The molecule has 0 spiro atoms. The van der Waals surface area contributed by atoms with Crippen LogP contribution < -0.4 is 10.6 Å². The maximum absolute atomic E-state index is 12.9. The van der Waals surface area contributed by atoms with Gasteiger partial charge in [0.15, 0.2) is 0 Å². The summed E-state index contributed by atoms with van der Waals surface area (Å²) < 4.78 is 12.9. The Hall–Kier alpha value is -2.11. The number of hydrogen-bond acceptors (Lipinski definition) is 2. The summed E-state index contributed by atoms with van der Waals surface area (Å²) in [6.45, 7) is 3.21. The van der Waals surface area contributed by atoms with Gasteiger partial charge in [-0.2, -0.15) is 0 Å². The Labute approximate surface area is 155 Å². The SMILES string of the molecule is CC(C)(C(=O)NCc1ccc(F)cc1)C(=O)Nc1cc(Cl)cc(Cl)c1. The molecule has 132 valence electrons. The number of carbonyl (C=O) groups is 2. The topological polar surface area (TPSA) is 58.2 Å². The van der Waals surface area contributed by atoms with E-state index in [1.54, 1.807) is 18.2 Å². The number of benzene rings is 2. The second kappa shape index (κ2) is 7.85. The molecule has 0 aromatic heterocycles. The van der Waals surface area contributed by atoms with E-state index in [0.29, 0.717) is 15.7 Å². The monoisotopic (exact) mass is 382 g/mol. The van der Waals surface area contributed by atoms with Crippen LogP contribution in [0.25, 0.3) is 0 Å². The van der Waals surface area contributed by atoms with E-state index in [2.05, 4.69) is 10.6 Å². The van der Waals surface area contributed by atoms with E-state index in [1.165, 1.54) is 38.1 Å². The second-order valence-electron chi connectivity index (χ2n) is 6.05. The van der Waals surface area contributed by atoms with Gasteiger partial charge in [-0.15, -0.1) is 0 Å². The lowest BCUT2D eigenvalue weighted by Crippen LogP contribution is -2.44. The van der Waals surface area contributed by atoms with Gasteiger partial charge < -0.3 is 10.6 Å². The van der Waals surface area contributed by atoms with Crippen molar-refractivity contribution < 1.29 is 14.0 Å². The highest BCUT2D eigenvalue weighted by Gasteiger charge is 2.36. The summed E-state index contributed by atoms with van der Waals surface area (Å²) >= 11 is 11.8.